The van der Waals surface area contributed by atoms with E-state index in [1.807, 2.05) is 0 Å². The van der Waals surface area contributed by atoms with Crippen LogP contribution in [0.3, 0.4) is 0 Å². The molecular formula is C15H15ClN6OS2. The number of piperidine rings is 1. The summed E-state index contributed by atoms with van der Waals surface area (Å²) in [5.74, 6) is 0.282. The highest BCUT2D eigenvalue weighted by molar-refractivity contribution is 7.21. The van der Waals surface area contributed by atoms with Gasteiger partial charge in [-0.15, -0.1) is 33.9 Å². The Balaban J connectivity index is 0.00000157. The fourth-order valence-electron chi connectivity index (χ4n) is 3.54. The first kappa shape index (κ1) is 16.5. The van der Waals surface area contributed by atoms with Gasteiger partial charge in [0.25, 0.3) is 5.91 Å². The van der Waals surface area contributed by atoms with E-state index >= 15 is 0 Å². The predicted octanol–water partition coefficient (Wildman–Crippen LogP) is 3.10. The summed E-state index contributed by atoms with van der Waals surface area (Å²) in [5.41, 5.74) is 10.7. The van der Waals surface area contributed by atoms with Gasteiger partial charge in [-0.2, -0.15) is 0 Å². The second kappa shape index (κ2) is 6.08. The molecule has 3 aliphatic heterocycles. The zero-order valence-electron chi connectivity index (χ0n) is 13.1. The SMILES string of the molecule is Cl.Nc1c(C(=O)Nc2nncs2)sc2nc3c(cc12)N1CCC3CC1. The minimum Gasteiger partial charge on any atom is -0.397 e. The molecule has 3 aliphatic rings. The average Bonchev–Trinajstić information content (AvgIpc) is 3.23. The Labute approximate surface area is 157 Å². The van der Waals surface area contributed by atoms with Crippen LogP contribution < -0.4 is 16.0 Å². The first-order valence-electron chi connectivity index (χ1n) is 7.76. The molecule has 0 unspecified atom stereocenters. The number of carbonyl (C=O) groups is 1. The Morgan fingerprint density at radius 2 is 2.16 bits per heavy atom. The molecule has 7 nitrogen and oxygen atoms in total. The fourth-order valence-corrected chi connectivity index (χ4v) is 4.96. The van der Waals surface area contributed by atoms with Crippen LogP contribution in [0, 0.1) is 0 Å². The zero-order valence-corrected chi connectivity index (χ0v) is 15.5. The van der Waals surface area contributed by atoms with E-state index in [-0.39, 0.29) is 18.3 Å². The van der Waals surface area contributed by atoms with E-state index in [1.54, 1.807) is 5.51 Å². The molecule has 3 aromatic rings. The number of nitrogens with zero attached hydrogens (tertiary/aromatic N) is 4. The lowest BCUT2D eigenvalue weighted by molar-refractivity contribution is 0.103. The van der Waals surface area contributed by atoms with Crippen molar-refractivity contribution in [2.24, 2.45) is 0 Å². The van der Waals surface area contributed by atoms with Gasteiger partial charge in [-0.3, -0.25) is 10.1 Å². The molecule has 130 valence electrons. The molecule has 10 heteroatoms. The van der Waals surface area contributed by atoms with Crippen molar-refractivity contribution in [3.8, 4) is 0 Å². The molecule has 1 saturated heterocycles. The summed E-state index contributed by atoms with van der Waals surface area (Å²) < 4.78 is 0. The van der Waals surface area contributed by atoms with Gasteiger partial charge in [0.15, 0.2) is 0 Å². The Bertz CT molecular complexity index is 949. The third-order valence-corrected chi connectivity index (χ3v) is 6.46. The highest BCUT2D eigenvalue weighted by Crippen LogP contribution is 2.45. The smallest absolute Gasteiger partial charge is 0.269 e. The molecule has 0 aromatic carbocycles. The van der Waals surface area contributed by atoms with Gasteiger partial charge in [0.05, 0.1) is 17.1 Å². The number of nitrogens with two attached hydrogens (primary N) is 1. The number of anilines is 3. The predicted molar refractivity (Wildman–Crippen MR) is 103 cm³/mol. The lowest BCUT2D eigenvalue weighted by Gasteiger charge is -2.41. The van der Waals surface area contributed by atoms with Gasteiger partial charge in [0.2, 0.25) is 5.13 Å². The number of nitrogen functional groups attached to an aromatic ring is 1. The van der Waals surface area contributed by atoms with Crippen LogP contribution >= 0.6 is 35.1 Å². The monoisotopic (exact) mass is 394 g/mol. The number of halogens is 1. The van der Waals surface area contributed by atoms with Crippen LogP contribution in [0.2, 0.25) is 0 Å². The van der Waals surface area contributed by atoms with Crippen LogP contribution in [0.4, 0.5) is 16.5 Å². The quantitative estimate of drug-likeness (QED) is 0.693. The highest BCUT2D eigenvalue weighted by atomic mass is 35.5. The maximum atomic E-state index is 12.5. The highest BCUT2D eigenvalue weighted by Gasteiger charge is 2.33. The zero-order chi connectivity index (χ0) is 16.3. The largest absolute Gasteiger partial charge is 0.397 e. The molecule has 6 rings (SSSR count). The van der Waals surface area contributed by atoms with Crippen LogP contribution in [0.15, 0.2) is 11.6 Å². The summed E-state index contributed by atoms with van der Waals surface area (Å²) >= 11 is 2.62. The normalized spacial score (nSPS) is 15.9. The number of thiophene rings is 1. The van der Waals surface area contributed by atoms with Gasteiger partial charge >= 0.3 is 0 Å². The van der Waals surface area contributed by atoms with E-state index in [4.69, 9.17) is 10.7 Å². The Morgan fingerprint density at radius 1 is 1.36 bits per heavy atom. The molecule has 25 heavy (non-hydrogen) atoms. The molecule has 3 N–H and O–H groups in total. The first-order chi connectivity index (χ1) is 11.7. The number of rotatable bonds is 2. The molecule has 1 amide bonds. The Kier molecular flexibility index (Phi) is 4.01. The fraction of sp³-hybridized carbons (Fsp3) is 0.333. The molecule has 2 bridgehead atoms. The lowest BCUT2D eigenvalue weighted by Crippen LogP contribution is -2.39. The van der Waals surface area contributed by atoms with Gasteiger partial charge < -0.3 is 10.6 Å². The van der Waals surface area contributed by atoms with Crippen LogP contribution in [0.1, 0.15) is 34.1 Å². The number of hydrogen-bond donors (Lipinski definition) is 2. The maximum Gasteiger partial charge on any atom is 0.269 e. The maximum absolute atomic E-state index is 12.5. The minimum absolute atomic E-state index is 0. The molecule has 0 spiro atoms. The summed E-state index contributed by atoms with van der Waals surface area (Å²) in [6.07, 6.45) is 2.33. The Hall–Kier alpha value is -1.97. The van der Waals surface area contributed by atoms with E-state index < -0.39 is 0 Å². The van der Waals surface area contributed by atoms with E-state index in [2.05, 4.69) is 26.5 Å². The van der Waals surface area contributed by atoms with Crippen LogP contribution in [-0.2, 0) is 0 Å². The number of carbonyl (C=O) groups excluding carboxylic acids is 1. The van der Waals surface area contributed by atoms with Crippen molar-refractivity contribution in [3.63, 3.8) is 0 Å². The van der Waals surface area contributed by atoms with E-state index in [0.29, 0.717) is 21.6 Å². The number of nitrogens with one attached hydrogen (secondary N) is 1. The van der Waals surface area contributed by atoms with Gasteiger partial charge in [0, 0.05) is 24.4 Å². The number of amides is 1. The van der Waals surface area contributed by atoms with Crippen molar-refractivity contribution < 1.29 is 4.79 Å². The summed E-state index contributed by atoms with van der Waals surface area (Å²) in [5, 5.41) is 11.6. The molecule has 0 saturated carbocycles. The van der Waals surface area contributed by atoms with Crippen LogP contribution in [-0.4, -0.2) is 34.2 Å². The number of fused-ring (bicyclic) bond motifs is 3. The molecule has 1 fully saturated rings. The van der Waals surface area contributed by atoms with Crippen molar-refractivity contribution in [2.75, 3.05) is 29.0 Å². The summed E-state index contributed by atoms with van der Waals surface area (Å²) in [4.78, 5) is 21.0. The van der Waals surface area contributed by atoms with Crippen molar-refractivity contribution in [1.29, 1.82) is 0 Å². The van der Waals surface area contributed by atoms with Gasteiger partial charge in [-0.25, -0.2) is 4.98 Å². The van der Waals surface area contributed by atoms with E-state index in [9.17, 15) is 4.79 Å². The molecule has 6 heterocycles. The van der Waals surface area contributed by atoms with Crippen LogP contribution in [0.25, 0.3) is 10.2 Å². The van der Waals surface area contributed by atoms with Crippen LogP contribution in [0.5, 0.6) is 0 Å². The second-order valence-corrected chi connectivity index (χ2v) is 7.88. The number of aromatic nitrogens is 3. The van der Waals surface area contributed by atoms with Crippen molar-refractivity contribution in [3.05, 3.63) is 22.1 Å². The summed E-state index contributed by atoms with van der Waals surface area (Å²) in [6, 6.07) is 2.11. The molecule has 0 aliphatic carbocycles. The summed E-state index contributed by atoms with van der Waals surface area (Å²) in [7, 11) is 0. The van der Waals surface area contributed by atoms with E-state index in [1.165, 1.54) is 28.4 Å². The summed E-state index contributed by atoms with van der Waals surface area (Å²) in [6.45, 7) is 2.17. The van der Waals surface area contributed by atoms with Crippen molar-refractivity contribution in [2.45, 2.75) is 18.8 Å². The third-order valence-electron chi connectivity index (χ3n) is 4.74. The third kappa shape index (κ3) is 2.54. The second-order valence-electron chi connectivity index (χ2n) is 6.05. The molecule has 3 aromatic heterocycles. The van der Waals surface area contributed by atoms with Gasteiger partial charge in [-0.1, -0.05) is 11.3 Å². The van der Waals surface area contributed by atoms with Crippen molar-refractivity contribution in [1.82, 2.24) is 15.2 Å². The Morgan fingerprint density at radius 3 is 2.88 bits per heavy atom. The minimum atomic E-state index is -0.256. The molecule has 0 radical (unpaired) electrons. The topological polar surface area (TPSA) is 97.0 Å². The van der Waals surface area contributed by atoms with Gasteiger partial charge in [-0.05, 0) is 18.9 Å². The lowest BCUT2D eigenvalue weighted by atomic mass is 9.86. The molecular weight excluding hydrogens is 380 g/mol. The standard InChI is InChI=1S/C15H14N6OS2.ClH/c16-10-8-5-9-11(7-1-3-21(9)4-2-7)18-14(8)24-12(10)13(22)19-15-20-17-6-23-15;/h5-7H,1-4,16H2,(H,19,20,22);1H. The number of hydrogen-bond acceptors (Lipinski definition) is 8. The first-order valence-corrected chi connectivity index (χ1v) is 9.45. The number of pyridine rings is 1. The average molecular weight is 395 g/mol. The van der Waals surface area contributed by atoms with E-state index in [0.717, 1.165) is 41.8 Å². The van der Waals surface area contributed by atoms with Gasteiger partial charge in [0.1, 0.15) is 15.2 Å². The molecule has 0 atom stereocenters. The van der Waals surface area contributed by atoms with Crippen molar-refractivity contribution >= 4 is 67.7 Å².